The van der Waals surface area contributed by atoms with Gasteiger partial charge in [0.25, 0.3) is 0 Å². The minimum Gasteiger partial charge on any atom is -0.394 e. The Morgan fingerprint density at radius 2 is 2.22 bits per heavy atom. The van der Waals surface area contributed by atoms with Crippen LogP contribution in [0.4, 0.5) is 0 Å². The summed E-state index contributed by atoms with van der Waals surface area (Å²) >= 11 is 0. The topological polar surface area (TPSA) is 79.5 Å². The summed E-state index contributed by atoms with van der Waals surface area (Å²) in [5, 5.41) is 26.7. The zero-order valence-electron chi connectivity index (χ0n) is 10.5. The van der Waals surface area contributed by atoms with Gasteiger partial charge in [0.1, 0.15) is 0 Å². The van der Waals surface area contributed by atoms with Crippen LogP contribution in [0.5, 0.6) is 0 Å². The molecule has 6 nitrogen and oxygen atoms in total. The third-order valence-electron chi connectivity index (χ3n) is 3.42. The van der Waals surface area contributed by atoms with E-state index in [1.165, 1.54) is 0 Å². The summed E-state index contributed by atoms with van der Waals surface area (Å²) < 4.78 is 6.99. The van der Waals surface area contributed by atoms with Gasteiger partial charge in [0.15, 0.2) is 0 Å². The highest BCUT2D eigenvalue weighted by atomic mass is 16.5. The van der Waals surface area contributed by atoms with E-state index in [0.29, 0.717) is 26.3 Å². The molecule has 6 heteroatoms. The molecule has 0 radical (unpaired) electrons. The lowest BCUT2D eigenvalue weighted by Crippen LogP contribution is -2.54. The molecule has 1 aromatic rings. The van der Waals surface area contributed by atoms with E-state index < -0.39 is 6.10 Å². The van der Waals surface area contributed by atoms with Gasteiger partial charge in [-0.3, -0.25) is 4.68 Å². The number of aliphatic hydroxyl groups excluding tert-OH is 2. The fourth-order valence-corrected chi connectivity index (χ4v) is 2.18. The van der Waals surface area contributed by atoms with Crippen LogP contribution in [0.25, 0.3) is 0 Å². The highest BCUT2D eigenvalue weighted by Crippen LogP contribution is 2.19. The van der Waals surface area contributed by atoms with E-state index in [1.54, 1.807) is 10.9 Å². The van der Waals surface area contributed by atoms with E-state index in [1.807, 2.05) is 12.3 Å². The first-order valence-electron chi connectivity index (χ1n) is 6.33. The fourth-order valence-electron chi connectivity index (χ4n) is 2.18. The molecule has 1 fully saturated rings. The van der Waals surface area contributed by atoms with Crippen LogP contribution < -0.4 is 5.32 Å². The van der Waals surface area contributed by atoms with Gasteiger partial charge in [-0.2, -0.15) is 5.10 Å². The van der Waals surface area contributed by atoms with Crippen molar-refractivity contribution in [2.24, 2.45) is 0 Å². The van der Waals surface area contributed by atoms with Crippen molar-refractivity contribution in [3.63, 3.8) is 0 Å². The molecule has 1 aliphatic heterocycles. The molecule has 1 atom stereocenters. The van der Waals surface area contributed by atoms with Crippen molar-refractivity contribution >= 4 is 0 Å². The number of hydrogen-bond donors (Lipinski definition) is 3. The minimum atomic E-state index is -0.517. The van der Waals surface area contributed by atoms with Crippen LogP contribution in [0.3, 0.4) is 0 Å². The third kappa shape index (κ3) is 3.52. The number of nitrogens with one attached hydrogen (secondary N) is 1. The van der Waals surface area contributed by atoms with E-state index in [-0.39, 0.29) is 12.1 Å². The summed E-state index contributed by atoms with van der Waals surface area (Å²) in [6.07, 6.45) is 4.54. The predicted octanol–water partition coefficient (Wildman–Crippen LogP) is -0.625. The second-order valence-corrected chi connectivity index (χ2v) is 4.81. The van der Waals surface area contributed by atoms with Crippen molar-refractivity contribution in [1.29, 1.82) is 0 Å². The standard InChI is InChI=1S/C12H21N3O3/c16-10-12(2-6-18-7-3-12)13-8-11(17)9-15-5-1-4-14-15/h1,4-5,11,13,16-17H,2-3,6-10H2. The molecule has 3 N–H and O–H groups in total. The normalized spacial score (nSPS) is 20.8. The molecule has 2 rings (SSSR count). The lowest BCUT2D eigenvalue weighted by molar-refractivity contribution is 0.00514. The van der Waals surface area contributed by atoms with Gasteiger partial charge in [-0.1, -0.05) is 0 Å². The van der Waals surface area contributed by atoms with Crippen molar-refractivity contribution in [3.05, 3.63) is 18.5 Å². The van der Waals surface area contributed by atoms with Gasteiger partial charge >= 0.3 is 0 Å². The van der Waals surface area contributed by atoms with Gasteiger partial charge < -0.3 is 20.3 Å². The van der Waals surface area contributed by atoms with E-state index in [0.717, 1.165) is 12.8 Å². The number of hydrogen-bond acceptors (Lipinski definition) is 5. The Morgan fingerprint density at radius 1 is 1.44 bits per heavy atom. The number of aliphatic hydroxyl groups is 2. The smallest absolute Gasteiger partial charge is 0.0860 e. The molecule has 1 unspecified atom stereocenters. The maximum atomic E-state index is 9.93. The van der Waals surface area contributed by atoms with E-state index >= 15 is 0 Å². The highest BCUT2D eigenvalue weighted by molar-refractivity contribution is 4.90. The van der Waals surface area contributed by atoms with Crippen LogP contribution in [0.2, 0.25) is 0 Å². The number of rotatable bonds is 6. The first kappa shape index (κ1) is 13.5. The number of β-amino-alcohol motifs (C(OH)–C–C–N with tert-alkyl or cyclic N) is 1. The van der Waals surface area contributed by atoms with Gasteiger partial charge in [0, 0.05) is 37.7 Å². The first-order valence-corrected chi connectivity index (χ1v) is 6.33. The largest absolute Gasteiger partial charge is 0.394 e. The zero-order chi connectivity index (χ0) is 12.8. The van der Waals surface area contributed by atoms with Crippen molar-refractivity contribution in [1.82, 2.24) is 15.1 Å². The van der Waals surface area contributed by atoms with Crippen LogP contribution in [0.1, 0.15) is 12.8 Å². The Hall–Kier alpha value is -0.950. The summed E-state index contributed by atoms with van der Waals surface area (Å²) in [5.41, 5.74) is -0.302. The van der Waals surface area contributed by atoms with Crippen molar-refractivity contribution in [3.8, 4) is 0 Å². The Kier molecular flexibility index (Phi) is 4.71. The number of aromatic nitrogens is 2. The fraction of sp³-hybridized carbons (Fsp3) is 0.750. The Labute approximate surface area is 107 Å². The lowest BCUT2D eigenvalue weighted by atomic mass is 9.91. The zero-order valence-corrected chi connectivity index (χ0v) is 10.5. The van der Waals surface area contributed by atoms with Crippen molar-refractivity contribution in [2.45, 2.75) is 31.0 Å². The summed E-state index contributed by atoms with van der Waals surface area (Å²) in [5.74, 6) is 0. The number of ether oxygens (including phenoxy) is 1. The molecule has 1 aliphatic rings. The van der Waals surface area contributed by atoms with E-state index in [4.69, 9.17) is 4.74 Å². The van der Waals surface area contributed by atoms with Crippen molar-refractivity contribution in [2.75, 3.05) is 26.4 Å². The summed E-state index contributed by atoms with van der Waals surface area (Å²) in [4.78, 5) is 0. The Balaban J connectivity index is 1.78. The van der Waals surface area contributed by atoms with Crippen LogP contribution in [-0.2, 0) is 11.3 Å². The predicted molar refractivity (Wildman–Crippen MR) is 66.1 cm³/mol. The molecule has 0 bridgehead atoms. The summed E-state index contributed by atoms with van der Waals surface area (Å²) in [6, 6.07) is 1.83. The van der Waals surface area contributed by atoms with Gasteiger partial charge in [0.2, 0.25) is 0 Å². The molecule has 0 amide bonds. The lowest BCUT2D eigenvalue weighted by Gasteiger charge is -2.37. The SMILES string of the molecule is OCC1(NCC(O)Cn2cccn2)CCOCC1. The minimum absolute atomic E-state index is 0.0743. The molecule has 1 aromatic heterocycles. The number of nitrogens with zero attached hydrogens (tertiary/aromatic N) is 2. The van der Waals surface area contributed by atoms with E-state index in [2.05, 4.69) is 10.4 Å². The highest BCUT2D eigenvalue weighted by Gasteiger charge is 2.31. The third-order valence-corrected chi connectivity index (χ3v) is 3.42. The van der Waals surface area contributed by atoms with Crippen LogP contribution in [0, 0.1) is 0 Å². The molecule has 18 heavy (non-hydrogen) atoms. The molecule has 2 heterocycles. The van der Waals surface area contributed by atoms with Gasteiger partial charge in [-0.15, -0.1) is 0 Å². The average molecular weight is 255 g/mol. The van der Waals surface area contributed by atoms with Gasteiger partial charge in [-0.05, 0) is 18.9 Å². The maximum Gasteiger partial charge on any atom is 0.0860 e. The average Bonchev–Trinajstić information content (AvgIpc) is 2.90. The Morgan fingerprint density at radius 3 is 2.83 bits per heavy atom. The summed E-state index contributed by atoms with van der Waals surface area (Å²) in [6.45, 7) is 2.29. The first-order chi connectivity index (χ1) is 8.74. The monoisotopic (exact) mass is 255 g/mol. The molecule has 102 valence electrons. The molecule has 0 aromatic carbocycles. The van der Waals surface area contributed by atoms with Crippen molar-refractivity contribution < 1.29 is 14.9 Å². The molecular formula is C12H21N3O3. The van der Waals surface area contributed by atoms with Crippen LogP contribution in [0.15, 0.2) is 18.5 Å². The molecule has 0 spiro atoms. The molecular weight excluding hydrogens is 234 g/mol. The Bertz CT molecular complexity index is 336. The molecule has 0 aliphatic carbocycles. The molecule has 1 saturated heterocycles. The quantitative estimate of drug-likeness (QED) is 0.631. The van der Waals surface area contributed by atoms with E-state index in [9.17, 15) is 10.2 Å². The van der Waals surface area contributed by atoms with Crippen LogP contribution >= 0.6 is 0 Å². The maximum absolute atomic E-state index is 9.93. The van der Waals surface area contributed by atoms with Gasteiger partial charge in [-0.25, -0.2) is 0 Å². The van der Waals surface area contributed by atoms with Gasteiger partial charge in [0.05, 0.1) is 19.3 Å². The second-order valence-electron chi connectivity index (χ2n) is 4.81. The summed E-state index contributed by atoms with van der Waals surface area (Å²) in [7, 11) is 0. The molecule has 0 saturated carbocycles. The van der Waals surface area contributed by atoms with Crippen LogP contribution in [-0.4, -0.2) is 58.0 Å². The second kappa shape index (κ2) is 6.29.